The maximum absolute atomic E-state index is 6.21. The van der Waals surface area contributed by atoms with Gasteiger partial charge < -0.3 is 5.32 Å². The Hall–Kier alpha value is -1.10. The van der Waals surface area contributed by atoms with E-state index in [-0.39, 0.29) is 6.04 Å². The monoisotopic (exact) mass is 270 g/mol. The van der Waals surface area contributed by atoms with Gasteiger partial charge in [-0.1, -0.05) is 42.3 Å². The molecular weight excluding hydrogens is 259 g/mol. The van der Waals surface area contributed by atoms with E-state index in [4.69, 9.17) is 23.2 Å². The van der Waals surface area contributed by atoms with Gasteiger partial charge in [0.25, 0.3) is 0 Å². The highest BCUT2D eigenvalue weighted by molar-refractivity contribution is 6.42. The first kappa shape index (κ1) is 12.4. The molecule has 0 fully saturated rings. The maximum Gasteiger partial charge on any atom is 0.104 e. The third-order valence-electron chi connectivity index (χ3n) is 2.43. The first-order valence-corrected chi connectivity index (χ1v) is 6.02. The summed E-state index contributed by atoms with van der Waals surface area (Å²) in [7, 11) is 0. The Morgan fingerprint density at radius 3 is 2.88 bits per heavy atom. The van der Waals surface area contributed by atoms with Gasteiger partial charge in [-0.05, 0) is 18.2 Å². The second-order valence-corrected chi connectivity index (χ2v) is 4.31. The summed E-state index contributed by atoms with van der Waals surface area (Å²) in [5, 5.41) is 14.9. The van der Waals surface area contributed by atoms with Gasteiger partial charge in [-0.2, -0.15) is 15.4 Å². The summed E-state index contributed by atoms with van der Waals surface area (Å²) in [6.07, 6.45) is 1.67. The van der Waals surface area contributed by atoms with Gasteiger partial charge in [0.15, 0.2) is 0 Å². The van der Waals surface area contributed by atoms with Crippen LogP contribution in [-0.4, -0.2) is 22.0 Å². The third kappa shape index (κ3) is 2.60. The molecule has 90 valence electrons. The van der Waals surface area contributed by atoms with Crippen LogP contribution in [0.4, 0.5) is 0 Å². The van der Waals surface area contributed by atoms with Gasteiger partial charge >= 0.3 is 0 Å². The molecule has 1 aromatic heterocycles. The van der Waals surface area contributed by atoms with Crippen molar-refractivity contribution < 1.29 is 0 Å². The molecule has 2 rings (SSSR count). The third-order valence-corrected chi connectivity index (χ3v) is 3.26. The van der Waals surface area contributed by atoms with Crippen LogP contribution in [0.5, 0.6) is 0 Å². The zero-order valence-corrected chi connectivity index (χ0v) is 10.8. The number of aromatic nitrogens is 3. The quantitative estimate of drug-likeness (QED) is 0.899. The van der Waals surface area contributed by atoms with Crippen LogP contribution in [0.15, 0.2) is 24.4 Å². The number of H-pyrrole nitrogens is 1. The van der Waals surface area contributed by atoms with Crippen LogP contribution in [0.25, 0.3) is 0 Å². The minimum Gasteiger partial charge on any atom is -0.305 e. The van der Waals surface area contributed by atoms with E-state index in [0.29, 0.717) is 10.0 Å². The summed E-state index contributed by atoms with van der Waals surface area (Å²) in [6, 6.07) is 5.45. The van der Waals surface area contributed by atoms with E-state index >= 15 is 0 Å². The van der Waals surface area contributed by atoms with Crippen LogP contribution in [0, 0.1) is 0 Å². The number of hydrogen-bond acceptors (Lipinski definition) is 3. The Kier molecular flexibility index (Phi) is 3.99. The van der Waals surface area contributed by atoms with Crippen LogP contribution >= 0.6 is 23.2 Å². The highest BCUT2D eigenvalue weighted by Crippen LogP contribution is 2.32. The average molecular weight is 271 g/mol. The number of nitrogens with one attached hydrogen (secondary N) is 2. The van der Waals surface area contributed by atoms with Crippen molar-refractivity contribution in [3.8, 4) is 0 Å². The predicted octanol–water partition coefficient (Wildman–Crippen LogP) is 2.81. The van der Waals surface area contributed by atoms with E-state index in [9.17, 15) is 0 Å². The first-order chi connectivity index (χ1) is 8.24. The molecule has 2 N–H and O–H groups in total. The summed E-state index contributed by atoms with van der Waals surface area (Å²) < 4.78 is 0. The minimum absolute atomic E-state index is 0.107. The minimum atomic E-state index is -0.107. The van der Waals surface area contributed by atoms with E-state index < -0.39 is 0 Å². The van der Waals surface area contributed by atoms with E-state index in [0.717, 1.165) is 17.8 Å². The molecular formula is C11H12Cl2N4. The molecule has 0 saturated carbocycles. The molecule has 0 aliphatic carbocycles. The number of rotatable bonds is 4. The summed E-state index contributed by atoms with van der Waals surface area (Å²) in [6.45, 7) is 2.81. The van der Waals surface area contributed by atoms with Gasteiger partial charge in [-0.15, -0.1) is 0 Å². The van der Waals surface area contributed by atoms with Crippen molar-refractivity contribution in [3.63, 3.8) is 0 Å². The molecule has 0 aliphatic heterocycles. The fourth-order valence-electron chi connectivity index (χ4n) is 1.67. The van der Waals surface area contributed by atoms with Crippen molar-refractivity contribution in [1.29, 1.82) is 0 Å². The van der Waals surface area contributed by atoms with E-state index in [1.807, 2.05) is 19.1 Å². The molecule has 17 heavy (non-hydrogen) atoms. The molecule has 0 aliphatic rings. The van der Waals surface area contributed by atoms with Crippen molar-refractivity contribution in [2.75, 3.05) is 6.54 Å². The molecule has 2 aromatic rings. The number of nitrogens with zero attached hydrogens (tertiary/aromatic N) is 2. The number of halogens is 2. The predicted molar refractivity (Wildman–Crippen MR) is 68.4 cm³/mol. The molecule has 6 heteroatoms. The number of aromatic amines is 1. The summed E-state index contributed by atoms with van der Waals surface area (Å²) in [5.74, 6) is 0. The standard InChI is InChI=1S/C11H12Cl2N4/c1-2-14-11(9-6-15-17-16-9)7-4-3-5-8(12)10(7)13/h3-6,11,14H,2H2,1H3,(H,15,16,17). The Bertz CT molecular complexity index is 484. The lowest BCUT2D eigenvalue weighted by Gasteiger charge is -2.17. The zero-order chi connectivity index (χ0) is 12.3. The summed E-state index contributed by atoms with van der Waals surface area (Å²) >= 11 is 12.2. The Balaban J connectivity index is 2.43. The van der Waals surface area contributed by atoms with E-state index in [1.165, 1.54) is 0 Å². The van der Waals surface area contributed by atoms with Gasteiger partial charge in [0.05, 0.1) is 22.3 Å². The molecule has 1 unspecified atom stereocenters. The topological polar surface area (TPSA) is 53.6 Å². The Labute approximate surface area is 109 Å². The summed E-state index contributed by atoms with van der Waals surface area (Å²) in [4.78, 5) is 0. The number of benzene rings is 1. The normalized spacial score (nSPS) is 12.6. The van der Waals surface area contributed by atoms with Crippen molar-refractivity contribution >= 4 is 23.2 Å². The van der Waals surface area contributed by atoms with Crippen molar-refractivity contribution in [3.05, 3.63) is 45.7 Å². The van der Waals surface area contributed by atoms with Crippen LogP contribution in [-0.2, 0) is 0 Å². The van der Waals surface area contributed by atoms with Crippen molar-refractivity contribution in [2.45, 2.75) is 13.0 Å². The lowest BCUT2D eigenvalue weighted by molar-refractivity contribution is 0.614. The van der Waals surface area contributed by atoms with E-state index in [2.05, 4.69) is 20.7 Å². The molecule has 0 spiro atoms. The molecule has 4 nitrogen and oxygen atoms in total. The molecule has 0 saturated heterocycles. The highest BCUT2D eigenvalue weighted by Gasteiger charge is 2.19. The molecule has 0 amide bonds. The van der Waals surface area contributed by atoms with Gasteiger partial charge in [-0.25, -0.2) is 0 Å². The largest absolute Gasteiger partial charge is 0.305 e. The highest BCUT2D eigenvalue weighted by atomic mass is 35.5. The SMILES string of the molecule is CCNC(c1cn[nH]n1)c1cccc(Cl)c1Cl. The van der Waals surface area contributed by atoms with Crippen molar-refractivity contribution in [2.24, 2.45) is 0 Å². The Morgan fingerprint density at radius 2 is 2.24 bits per heavy atom. The zero-order valence-electron chi connectivity index (χ0n) is 9.24. The van der Waals surface area contributed by atoms with Crippen LogP contribution in [0.1, 0.15) is 24.2 Å². The molecule has 1 atom stereocenters. The molecule has 0 bridgehead atoms. The van der Waals surface area contributed by atoms with E-state index in [1.54, 1.807) is 12.3 Å². The molecule has 1 heterocycles. The number of hydrogen-bond donors (Lipinski definition) is 2. The smallest absolute Gasteiger partial charge is 0.104 e. The molecule has 1 aromatic carbocycles. The lowest BCUT2D eigenvalue weighted by atomic mass is 10.0. The lowest BCUT2D eigenvalue weighted by Crippen LogP contribution is -2.22. The second kappa shape index (κ2) is 5.49. The Morgan fingerprint density at radius 1 is 1.41 bits per heavy atom. The van der Waals surface area contributed by atoms with Gasteiger partial charge in [0.1, 0.15) is 5.69 Å². The molecule has 0 radical (unpaired) electrons. The fraction of sp³-hybridized carbons (Fsp3) is 0.273. The fourth-order valence-corrected chi connectivity index (χ4v) is 2.09. The summed E-state index contributed by atoms with van der Waals surface area (Å²) in [5.41, 5.74) is 1.69. The van der Waals surface area contributed by atoms with Crippen LogP contribution in [0.3, 0.4) is 0 Å². The van der Waals surface area contributed by atoms with Crippen LogP contribution in [0.2, 0.25) is 10.0 Å². The average Bonchev–Trinajstić information content (AvgIpc) is 2.84. The van der Waals surface area contributed by atoms with Gasteiger partial charge in [0, 0.05) is 0 Å². The van der Waals surface area contributed by atoms with Gasteiger partial charge in [-0.3, -0.25) is 0 Å². The van der Waals surface area contributed by atoms with Gasteiger partial charge in [0.2, 0.25) is 0 Å². The maximum atomic E-state index is 6.21. The van der Waals surface area contributed by atoms with Crippen LogP contribution < -0.4 is 5.32 Å². The van der Waals surface area contributed by atoms with Crippen molar-refractivity contribution in [1.82, 2.24) is 20.7 Å². The first-order valence-electron chi connectivity index (χ1n) is 5.27. The second-order valence-electron chi connectivity index (χ2n) is 3.53.